The highest BCUT2D eigenvalue weighted by atomic mass is 19.1. The Labute approximate surface area is 137 Å². The molecule has 1 N–H and O–H groups in total. The summed E-state index contributed by atoms with van der Waals surface area (Å²) in [6.07, 6.45) is 0. The summed E-state index contributed by atoms with van der Waals surface area (Å²) >= 11 is 0. The largest absolute Gasteiger partial charge is 0.378 e. The summed E-state index contributed by atoms with van der Waals surface area (Å²) in [5.74, 6) is -0.178. The third-order valence-electron chi connectivity index (χ3n) is 4.00. The van der Waals surface area contributed by atoms with Gasteiger partial charge in [0.25, 0.3) is 0 Å². The molecule has 0 atom stereocenters. The lowest BCUT2D eigenvalue weighted by Gasteiger charge is -2.27. The maximum atomic E-state index is 14.3. The van der Waals surface area contributed by atoms with Crippen LogP contribution in [0, 0.1) is 5.82 Å². The van der Waals surface area contributed by atoms with E-state index in [1.807, 2.05) is 38.4 Å². The summed E-state index contributed by atoms with van der Waals surface area (Å²) in [7, 11) is 4.06. The summed E-state index contributed by atoms with van der Waals surface area (Å²) < 4.78 is 19.4. The predicted octanol–water partition coefficient (Wildman–Crippen LogP) is 3.04. The summed E-state index contributed by atoms with van der Waals surface area (Å²) in [6, 6.07) is 13.9. The van der Waals surface area contributed by atoms with Crippen molar-refractivity contribution >= 4 is 0 Å². The van der Waals surface area contributed by atoms with E-state index in [9.17, 15) is 4.39 Å². The van der Waals surface area contributed by atoms with Gasteiger partial charge in [0.2, 0.25) is 0 Å². The number of halogens is 1. The van der Waals surface area contributed by atoms with E-state index in [0.29, 0.717) is 11.6 Å². The summed E-state index contributed by atoms with van der Waals surface area (Å²) in [5.41, 5.74) is 3.86. The first-order chi connectivity index (χ1) is 11.1. The maximum absolute atomic E-state index is 14.3. The van der Waals surface area contributed by atoms with Crippen LogP contribution in [0.2, 0.25) is 0 Å². The van der Waals surface area contributed by atoms with Crippen LogP contribution in [-0.2, 0) is 17.8 Å². The van der Waals surface area contributed by atoms with E-state index >= 15 is 0 Å². The van der Waals surface area contributed by atoms with Gasteiger partial charge in [-0.15, -0.1) is 0 Å². The quantitative estimate of drug-likeness (QED) is 0.887. The van der Waals surface area contributed by atoms with Crippen LogP contribution in [-0.4, -0.2) is 38.3 Å². The second-order valence-electron chi connectivity index (χ2n) is 6.37. The zero-order valence-corrected chi connectivity index (χ0v) is 13.7. The first-order valence-corrected chi connectivity index (χ1v) is 7.95. The number of nitrogens with one attached hydrogen (secondary N) is 1. The van der Waals surface area contributed by atoms with Crippen LogP contribution in [0.25, 0.3) is 11.1 Å². The maximum Gasteiger partial charge on any atom is 0.131 e. The molecule has 2 aromatic rings. The fourth-order valence-electron chi connectivity index (χ4n) is 2.72. The van der Waals surface area contributed by atoms with Crippen molar-refractivity contribution in [3.63, 3.8) is 0 Å². The Balaban J connectivity index is 1.80. The fourth-order valence-corrected chi connectivity index (χ4v) is 2.72. The van der Waals surface area contributed by atoms with Gasteiger partial charge < -0.3 is 15.0 Å². The highest BCUT2D eigenvalue weighted by Crippen LogP contribution is 2.25. The van der Waals surface area contributed by atoms with Gasteiger partial charge in [-0.2, -0.15) is 0 Å². The third-order valence-corrected chi connectivity index (χ3v) is 4.00. The lowest BCUT2D eigenvalue weighted by atomic mass is 10.00. The summed E-state index contributed by atoms with van der Waals surface area (Å²) in [6.45, 7) is 3.11. The molecule has 1 aliphatic heterocycles. The molecule has 0 amide bonds. The van der Waals surface area contributed by atoms with Crippen LogP contribution < -0.4 is 5.32 Å². The van der Waals surface area contributed by atoms with Crippen LogP contribution >= 0.6 is 0 Å². The topological polar surface area (TPSA) is 24.5 Å². The molecule has 1 fully saturated rings. The third kappa shape index (κ3) is 4.16. The zero-order chi connectivity index (χ0) is 16.2. The molecule has 0 bridgehead atoms. The van der Waals surface area contributed by atoms with E-state index in [4.69, 9.17) is 4.74 Å². The number of ether oxygens (including phenoxy) is 1. The predicted molar refractivity (Wildman–Crippen MR) is 90.7 cm³/mol. The molecule has 0 spiro atoms. The highest BCUT2D eigenvalue weighted by molar-refractivity contribution is 5.65. The van der Waals surface area contributed by atoms with Gasteiger partial charge in [-0.25, -0.2) is 4.39 Å². The minimum atomic E-state index is -0.178. The van der Waals surface area contributed by atoms with Gasteiger partial charge in [0.15, 0.2) is 0 Å². The lowest BCUT2D eigenvalue weighted by Crippen LogP contribution is -2.45. The van der Waals surface area contributed by atoms with E-state index in [2.05, 4.69) is 22.3 Å². The smallest absolute Gasteiger partial charge is 0.131 e. The molecule has 1 heterocycles. The van der Waals surface area contributed by atoms with Gasteiger partial charge >= 0.3 is 0 Å². The van der Waals surface area contributed by atoms with Crippen molar-refractivity contribution in [2.24, 2.45) is 0 Å². The normalized spacial score (nSPS) is 15.0. The monoisotopic (exact) mass is 314 g/mol. The SMILES string of the molecule is CN(C)Cc1cccc(-c2cc(CNC3COC3)ccc2F)c1. The van der Waals surface area contributed by atoms with Crippen molar-refractivity contribution in [1.82, 2.24) is 10.2 Å². The van der Waals surface area contributed by atoms with Crippen molar-refractivity contribution in [2.75, 3.05) is 27.3 Å². The van der Waals surface area contributed by atoms with Crippen LogP contribution in [0.4, 0.5) is 4.39 Å². The molecule has 2 aromatic carbocycles. The molecule has 0 radical (unpaired) electrons. The molecule has 0 saturated carbocycles. The molecule has 0 aromatic heterocycles. The van der Waals surface area contributed by atoms with Gasteiger partial charge in [0.1, 0.15) is 5.82 Å². The number of hydrogen-bond donors (Lipinski definition) is 1. The Morgan fingerprint density at radius 3 is 2.65 bits per heavy atom. The molecular weight excluding hydrogens is 291 g/mol. The highest BCUT2D eigenvalue weighted by Gasteiger charge is 2.17. The van der Waals surface area contributed by atoms with E-state index in [1.54, 1.807) is 6.07 Å². The number of rotatable bonds is 6. The first-order valence-electron chi connectivity index (χ1n) is 7.95. The Morgan fingerprint density at radius 2 is 1.96 bits per heavy atom. The van der Waals surface area contributed by atoms with Gasteiger partial charge in [0.05, 0.1) is 19.3 Å². The standard InChI is InChI=1S/C19H23FN2O/c1-22(2)11-15-4-3-5-16(8-15)18-9-14(6-7-19(18)20)10-21-17-12-23-13-17/h3-9,17,21H,10-13H2,1-2H3. The average Bonchev–Trinajstić information content (AvgIpc) is 2.47. The number of nitrogens with zero attached hydrogens (tertiary/aromatic N) is 1. The minimum Gasteiger partial charge on any atom is -0.378 e. The Kier molecular flexibility index (Phi) is 5.06. The van der Waals surface area contributed by atoms with Crippen molar-refractivity contribution < 1.29 is 9.13 Å². The van der Waals surface area contributed by atoms with E-state index < -0.39 is 0 Å². The van der Waals surface area contributed by atoms with Gasteiger partial charge in [-0.3, -0.25) is 0 Å². The summed E-state index contributed by atoms with van der Waals surface area (Å²) in [5, 5.41) is 3.42. The van der Waals surface area contributed by atoms with Crippen molar-refractivity contribution in [2.45, 2.75) is 19.1 Å². The second-order valence-corrected chi connectivity index (χ2v) is 6.37. The van der Waals surface area contributed by atoms with Gasteiger partial charge in [0, 0.05) is 18.7 Å². The molecule has 3 nitrogen and oxygen atoms in total. The van der Waals surface area contributed by atoms with Crippen LogP contribution in [0.5, 0.6) is 0 Å². The lowest BCUT2D eigenvalue weighted by molar-refractivity contribution is -0.00578. The van der Waals surface area contributed by atoms with Crippen LogP contribution in [0.3, 0.4) is 0 Å². The molecule has 1 saturated heterocycles. The van der Waals surface area contributed by atoms with Crippen molar-refractivity contribution in [3.05, 3.63) is 59.4 Å². The van der Waals surface area contributed by atoms with E-state index in [0.717, 1.165) is 37.4 Å². The van der Waals surface area contributed by atoms with Gasteiger partial charge in [-0.1, -0.05) is 24.3 Å². The molecule has 1 aliphatic rings. The number of benzene rings is 2. The van der Waals surface area contributed by atoms with Gasteiger partial charge in [-0.05, 0) is 49.0 Å². The molecule has 0 unspecified atom stereocenters. The molecular formula is C19H23FN2O. The van der Waals surface area contributed by atoms with Crippen molar-refractivity contribution in [1.29, 1.82) is 0 Å². The molecule has 4 heteroatoms. The molecule has 0 aliphatic carbocycles. The van der Waals surface area contributed by atoms with E-state index in [1.165, 1.54) is 5.56 Å². The van der Waals surface area contributed by atoms with E-state index in [-0.39, 0.29) is 5.82 Å². The Morgan fingerprint density at radius 1 is 1.13 bits per heavy atom. The van der Waals surface area contributed by atoms with Crippen LogP contribution in [0.15, 0.2) is 42.5 Å². The Bertz CT molecular complexity index is 668. The summed E-state index contributed by atoms with van der Waals surface area (Å²) in [4.78, 5) is 2.11. The number of hydrogen-bond acceptors (Lipinski definition) is 3. The second kappa shape index (κ2) is 7.21. The average molecular weight is 314 g/mol. The molecule has 23 heavy (non-hydrogen) atoms. The van der Waals surface area contributed by atoms with Crippen LogP contribution in [0.1, 0.15) is 11.1 Å². The van der Waals surface area contributed by atoms with Crippen molar-refractivity contribution in [3.8, 4) is 11.1 Å². The molecule has 3 rings (SSSR count). The zero-order valence-electron chi connectivity index (χ0n) is 13.7. The Hall–Kier alpha value is -1.75. The first kappa shape index (κ1) is 16.1. The molecule has 122 valence electrons. The minimum absolute atomic E-state index is 0.178. The fraction of sp³-hybridized carbons (Fsp3) is 0.368.